The number of carbonyl (C=O) groups is 1. The van der Waals surface area contributed by atoms with Crippen molar-refractivity contribution in [2.45, 2.75) is 44.1 Å². The molecule has 3 unspecified atom stereocenters. The number of amides is 1. The largest absolute Gasteiger partial charge is 0.496 e. The van der Waals surface area contributed by atoms with E-state index in [0.717, 1.165) is 44.1 Å². The van der Waals surface area contributed by atoms with Crippen LogP contribution in [0.1, 0.15) is 38.2 Å². The molecular formula is C20H30N4O2. The number of aliphatic imine (C=N–C) groups is 1. The first-order chi connectivity index (χ1) is 12.5. The number of nitrogens with one attached hydrogen (secondary N) is 1. The Bertz CT molecular complexity index is 690. The van der Waals surface area contributed by atoms with E-state index < -0.39 is 0 Å². The van der Waals surface area contributed by atoms with Crippen LogP contribution in [-0.2, 0) is 10.2 Å². The summed E-state index contributed by atoms with van der Waals surface area (Å²) in [6.45, 7) is 4.07. The van der Waals surface area contributed by atoms with Crippen LogP contribution in [0.2, 0.25) is 0 Å². The smallest absolute Gasteiger partial charge is 0.217 e. The molecule has 1 aliphatic heterocycles. The first-order valence-electron chi connectivity index (χ1n) is 9.38. The number of carbonyl (C=O) groups excluding carboxylic acids is 1. The lowest BCUT2D eigenvalue weighted by molar-refractivity contribution is -0.119. The number of piperidine rings is 1. The number of guanidine groups is 1. The fourth-order valence-electron chi connectivity index (χ4n) is 4.15. The minimum atomic E-state index is -0.217. The van der Waals surface area contributed by atoms with E-state index in [1.807, 2.05) is 19.2 Å². The normalized spacial score (nSPS) is 28.6. The van der Waals surface area contributed by atoms with Crippen molar-refractivity contribution in [2.75, 3.05) is 27.2 Å². The summed E-state index contributed by atoms with van der Waals surface area (Å²) in [6, 6.07) is 8.56. The summed E-state index contributed by atoms with van der Waals surface area (Å²) in [6.07, 6.45) is 3.62. The van der Waals surface area contributed by atoms with Gasteiger partial charge < -0.3 is 20.7 Å². The van der Waals surface area contributed by atoms with Crippen LogP contribution >= 0.6 is 0 Å². The minimum Gasteiger partial charge on any atom is -0.496 e. The van der Waals surface area contributed by atoms with E-state index in [1.54, 1.807) is 7.11 Å². The van der Waals surface area contributed by atoms with Gasteiger partial charge in [-0.25, -0.2) is 0 Å². The van der Waals surface area contributed by atoms with E-state index in [2.05, 4.69) is 34.3 Å². The lowest BCUT2D eigenvalue weighted by Gasteiger charge is -2.35. The van der Waals surface area contributed by atoms with E-state index >= 15 is 0 Å². The number of benzene rings is 1. The number of rotatable bonds is 5. The number of methoxy groups -OCH3 is 1. The summed E-state index contributed by atoms with van der Waals surface area (Å²) in [7, 11) is 3.54. The standard InChI is InChI=1S/C20H30N4O2/c1-20(15-8-4-5-9-16(15)26-3)12-17(20)23-19(22-2)24-10-6-7-14(13-24)11-18(21)25/h4-5,8-9,14,17H,6-7,10-13H2,1-3H3,(H2,21,25)(H,22,23). The molecule has 2 aliphatic rings. The monoisotopic (exact) mass is 358 g/mol. The molecule has 3 atom stereocenters. The lowest BCUT2D eigenvalue weighted by Crippen LogP contribution is -2.48. The number of ether oxygens (including phenoxy) is 1. The number of primary amides is 1. The predicted molar refractivity (Wildman–Crippen MR) is 103 cm³/mol. The molecule has 142 valence electrons. The van der Waals surface area contributed by atoms with Crippen LogP contribution in [0, 0.1) is 5.92 Å². The van der Waals surface area contributed by atoms with Gasteiger partial charge in [-0.1, -0.05) is 25.1 Å². The molecular weight excluding hydrogens is 328 g/mol. The van der Waals surface area contributed by atoms with Crippen molar-refractivity contribution in [1.82, 2.24) is 10.2 Å². The first-order valence-corrected chi connectivity index (χ1v) is 9.38. The second-order valence-corrected chi connectivity index (χ2v) is 7.69. The first kappa shape index (κ1) is 18.5. The van der Waals surface area contributed by atoms with Crippen LogP contribution in [0.5, 0.6) is 5.75 Å². The molecule has 1 amide bonds. The molecule has 1 saturated carbocycles. The molecule has 0 bridgehead atoms. The molecule has 0 aromatic heterocycles. The third-order valence-corrected chi connectivity index (χ3v) is 5.78. The van der Waals surface area contributed by atoms with Crippen LogP contribution in [0.3, 0.4) is 0 Å². The maximum absolute atomic E-state index is 11.2. The Balaban J connectivity index is 1.66. The summed E-state index contributed by atoms with van der Waals surface area (Å²) >= 11 is 0. The van der Waals surface area contributed by atoms with Gasteiger partial charge in [0, 0.05) is 43.6 Å². The molecule has 2 fully saturated rings. The van der Waals surface area contributed by atoms with E-state index in [9.17, 15) is 4.79 Å². The van der Waals surface area contributed by atoms with Gasteiger partial charge in [0.05, 0.1) is 7.11 Å². The maximum atomic E-state index is 11.2. The average molecular weight is 358 g/mol. The van der Waals surface area contributed by atoms with Crippen molar-refractivity contribution in [2.24, 2.45) is 16.6 Å². The molecule has 26 heavy (non-hydrogen) atoms. The van der Waals surface area contributed by atoms with Gasteiger partial charge in [0.1, 0.15) is 5.75 Å². The number of hydrogen-bond donors (Lipinski definition) is 2. The number of nitrogens with two attached hydrogens (primary N) is 1. The van der Waals surface area contributed by atoms with E-state index in [4.69, 9.17) is 10.5 Å². The fourth-order valence-corrected chi connectivity index (χ4v) is 4.15. The van der Waals surface area contributed by atoms with Crippen molar-refractivity contribution in [3.8, 4) is 5.75 Å². The van der Waals surface area contributed by atoms with Crippen molar-refractivity contribution < 1.29 is 9.53 Å². The Hall–Kier alpha value is -2.24. The molecule has 0 radical (unpaired) electrons. The SMILES string of the molecule is CN=C(NC1CC1(C)c1ccccc1OC)N1CCCC(CC(N)=O)C1. The molecule has 1 aliphatic carbocycles. The molecule has 1 heterocycles. The molecule has 1 aromatic carbocycles. The zero-order valence-corrected chi connectivity index (χ0v) is 16.0. The highest BCUT2D eigenvalue weighted by Crippen LogP contribution is 2.51. The summed E-state index contributed by atoms with van der Waals surface area (Å²) < 4.78 is 5.55. The summed E-state index contributed by atoms with van der Waals surface area (Å²) in [5, 5.41) is 3.63. The third-order valence-electron chi connectivity index (χ3n) is 5.78. The Morgan fingerprint density at radius 2 is 2.23 bits per heavy atom. The summed E-state index contributed by atoms with van der Waals surface area (Å²) in [5.41, 5.74) is 6.66. The molecule has 6 heteroatoms. The molecule has 3 rings (SSSR count). The highest BCUT2D eigenvalue weighted by atomic mass is 16.5. The van der Waals surface area contributed by atoms with Gasteiger partial charge in [-0.05, 0) is 31.2 Å². The average Bonchev–Trinajstić information content (AvgIpc) is 3.30. The Morgan fingerprint density at radius 3 is 2.92 bits per heavy atom. The minimum absolute atomic E-state index is 0.0466. The summed E-state index contributed by atoms with van der Waals surface area (Å²) in [4.78, 5) is 18.0. The Kier molecular flexibility index (Phi) is 5.39. The zero-order valence-electron chi connectivity index (χ0n) is 16.0. The van der Waals surface area contributed by atoms with Gasteiger partial charge in [0.2, 0.25) is 5.91 Å². The maximum Gasteiger partial charge on any atom is 0.217 e. The second-order valence-electron chi connectivity index (χ2n) is 7.69. The van der Waals surface area contributed by atoms with Crippen molar-refractivity contribution in [3.63, 3.8) is 0 Å². The van der Waals surface area contributed by atoms with Crippen molar-refractivity contribution in [3.05, 3.63) is 29.8 Å². The predicted octanol–water partition coefficient (Wildman–Crippen LogP) is 1.89. The van der Waals surface area contributed by atoms with E-state index in [-0.39, 0.29) is 11.3 Å². The molecule has 1 saturated heterocycles. The van der Waals surface area contributed by atoms with Crippen LogP contribution in [0.4, 0.5) is 0 Å². The number of likely N-dealkylation sites (tertiary alicyclic amines) is 1. The molecule has 0 spiro atoms. The van der Waals surface area contributed by atoms with Gasteiger partial charge in [-0.2, -0.15) is 0 Å². The fraction of sp³-hybridized carbons (Fsp3) is 0.600. The number of nitrogens with zero attached hydrogens (tertiary/aromatic N) is 2. The zero-order chi connectivity index (χ0) is 18.7. The number of para-hydroxylation sites is 1. The topological polar surface area (TPSA) is 80.0 Å². The van der Waals surface area contributed by atoms with Crippen molar-refractivity contribution in [1.29, 1.82) is 0 Å². The second kappa shape index (κ2) is 7.56. The highest BCUT2D eigenvalue weighted by molar-refractivity contribution is 5.81. The van der Waals surface area contributed by atoms with Gasteiger partial charge in [0.25, 0.3) is 0 Å². The molecule has 1 aromatic rings. The summed E-state index contributed by atoms with van der Waals surface area (Å²) in [5.74, 6) is 1.96. The third kappa shape index (κ3) is 3.79. The van der Waals surface area contributed by atoms with Gasteiger partial charge in [-0.15, -0.1) is 0 Å². The van der Waals surface area contributed by atoms with Crippen LogP contribution < -0.4 is 15.8 Å². The lowest BCUT2D eigenvalue weighted by atomic mass is 9.94. The van der Waals surface area contributed by atoms with Crippen LogP contribution in [0.15, 0.2) is 29.3 Å². The van der Waals surface area contributed by atoms with Crippen LogP contribution in [0.25, 0.3) is 0 Å². The van der Waals surface area contributed by atoms with Gasteiger partial charge in [-0.3, -0.25) is 9.79 Å². The van der Waals surface area contributed by atoms with Crippen molar-refractivity contribution >= 4 is 11.9 Å². The van der Waals surface area contributed by atoms with Gasteiger partial charge in [0.15, 0.2) is 5.96 Å². The highest BCUT2D eigenvalue weighted by Gasteiger charge is 2.53. The van der Waals surface area contributed by atoms with Crippen LogP contribution in [-0.4, -0.2) is 50.1 Å². The molecule has 6 nitrogen and oxygen atoms in total. The number of hydrogen-bond acceptors (Lipinski definition) is 3. The quantitative estimate of drug-likeness (QED) is 0.622. The van der Waals surface area contributed by atoms with Gasteiger partial charge >= 0.3 is 0 Å². The Morgan fingerprint density at radius 1 is 1.46 bits per heavy atom. The Labute approximate surface area is 155 Å². The van der Waals surface area contributed by atoms with E-state index in [1.165, 1.54) is 5.56 Å². The van der Waals surface area contributed by atoms with E-state index in [0.29, 0.717) is 18.4 Å². The molecule has 3 N–H and O–H groups in total.